The molecule has 0 fully saturated rings. The Balaban J connectivity index is 2.49. The molecule has 0 spiro atoms. The third kappa shape index (κ3) is 31.7. The van der Waals surface area contributed by atoms with Crippen LogP contribution >= 0.6 is 7.82 Å². The van der Waals surface area contributed by atoms with E-state index in [-0.39, 0.29) is 30.5 Å². The van der Waals surface area contributed by atoms with Crippen molar-refractivity contribution in [2.45, 2.75) is 135 Å². The molecule has 1 aliphatic rings. The summed E-state index contributed by atoms with van der Waals surface area (Å²) >= 11 is 0. The minimum absolute atomic E-state index is 0.000315. The summed E-state index contributed by atoms with van der Waals surface area (Å²) in [6, 6.07) is 0. The molecule has 1 unspecified atom stereocenters. The van der Waals surface area contributed by atoms with Crippen molar-refractivity contribution in [3.63, 3.8) is 0 Å². The number of aliphatic hydroxyl groups excluding tert-OH is 3. The van der Waals surface area contributed by atoms with Gasteiger partial charge in [0, 0.05) is 18.8 Å². The van der Waals surface area contributed by atoms with Crippen LogP contribution in [0.2, 0.25) is 0 Å². The molecule has 4 N–H and O–H groups in total. The zero-order chi connectivity index (χ0) is 44.8. The van der Waals surface area contributed by atoms with E-state index in [1.807, 2.05) is 42.5 Å². The number of rotatable bonds is 36. The van der Waals surface area contributed by atoms with Crippen LogP contribution in [0.3, 0.4) is 0 Å². The second-order valence-corrected chi connectivity index (χ2v) is 16.1. The smallest absolute Gasteiger partial charge is 0.462 e. The predicted molar refractivity (Wildman–Crippen MR) is 241 cm³/mol. The standard InChI is InChI=1S/C48H73O12P/c1-3-5-7-8-9-10-11-12-13-14-15-16-17-18-19-20-21-22-28-32-48(54)60-44(40-59-61(55,56)58-38-43(51)37-49)39-57-47(53)31-27-24-23-26-29-41-33-36-46(52)45(41)35-34-42(50)30-25-6-4-2/h5,7,9-10,12-13,15-16,18-19,21-23,26,33-36,41-45,49-51H,3-4,6,8,11,14,17,20,24-25,27-32,37-40H2,1-2H3,(H,55,56)/b7-5-,10-9-,13-12-,16-15-,19-18-,22-21-,26-23-,35-34+/t41-,42-,43-,44+,45+/m0/s1. The van der Waals surface area contributed by atoms with Gasteiger partial charge in [0.25, 0.3) is 0 Å². The maximum absolute atomic E-state index is 12.6. The SMILES string of the molecule is CC/C=C\C/C=C\C/C=C\C/C=C\C/C=C\C/C=C\CCC(=O)O[C@H](COC(=O)CCC/C=C\C[C@H]1C=CC(=O)[C@@H]1/C=C/[C@@H](O)CCCCC)COP(=O)(O)OC[C@@H](O)CO. The van der Waals surface area contributed by atoms with Gasteiger partial charge in [-0.3, -0.25) is 23.4 Å². The molecule has 61 heavy (non-hydrogen) atoms. The van der Waals surface area contributed by atoms with E-state index in [4.69, 9.17) is 19.1 Å². The number of esters is 2. The van der Waals surface area contributed by atoms with E-state index >= 15 is 0 Å². The summed E-state index contributed by atoms with van der Waals surface area (Å²) in [4.78, 5) is 47.5. The van der Waals surface area contributed by atoms with Crippen LogP contribution in [0, 0.1) is 11.8 Å². The lowest BCUT2D eigenvalue weighted by atomic mass is 9.90. The first-order chi connectivity index (χ1) is 29.5. The van der Waals surface area contributed by atoms with Gasteiger partial charge in [0.1, 0.15) is 12.7 Å². The van der Waals surface area contributed by atoms with Crippen molar-refractivity contribution < 1.29 is 57.7 Å². The van der Waals surface area contributed by atoms with Gasteiger partial charge in [0.05, 0.1) is 25.9 Å². The first-order valence-electron chi connectivity index (χ1n) is 21.9. The quantitative estimate of drug-likeness (QED) is 0.0203. The maximum atomic E-state index is 12.6. The molecule has 1 rings (SSSR count). The summed E-state index contributed by atoms with van der Waals surface area (Å²) in [5.74, 6) is -1.47. The van der Waals surface area contributed by atoms with Crippen molar-refractivity contribution in [2.24, 2.45) is 11.8 Å². The van der Waals surface area contributed by atoms with Gasteiger partial charge >= 0.3 is 19.8 Å². The number of hydrogen-bond acceptors (Lipinski definition) is 11. The van der Waals surface area contributed by atoms with E-state index in [1.54, 1.807) is 12.2 Å². The molecule has 0 heterocycles. The highest BCUT2D eigenvalue weighted by Crippen LogP contribution is 2.43. The molecule has 12 nitrogen and oxygen atoms in total. The van der Waals surface area contributed by atoms with Gasteiger partial charge in [-0.2, -0.15) is 0 Å². The average Bonchev–Trinajstić information content (AvgIpc) is 3.60. The minimum atomic E-state index is -4.70. The van der Waals surface area contributed by atoms with Crippen molar-refractivity contribution in [3.05, 3.63) is 109 Å². The number of phosphoric acid groups is 1. The van der Waals surface area contributed by atoms with Gasteiger partial charge in [0.2, 0.25) is 0 Å². The van der Waals surface area contributed by atoms with E-state index in [0.29, 0.717) is 38.5 Å². The number of ether oxygens (including phenoxy) is 2. The van der Waals surface area contributed by atoms with Crippen molar-refractivity contribution in [2.75, 3.05) is 26.4 Å². The van der Waals surface area contributed by atoms with Crippen molar-refractivity contribution in [3.8, 4) is 0 Å². The molecule has 342 valence electrons. The number of ketones is 1. The maximum Gasteiger partial charge on any atom is 0.472 e. The van der Waals surface area contributed by atoms with E-state index in [1.165, 1.54) is 0 Å². The molecule has 0 aromatic carbocycles. The van der Waals surface area contributed by atoms with E-state index in [0.717, 1.165) is 51.4 Å². The summed E-state index contributed by atoms with van der Waals surface area (Å²) < 4.78 is 32.6. The van der Waals surface area contributed by atoms with Gasteiger partial charge < -0.3 is 29.7 Å². The summed E-state index contributed by atoms with van der Waals surface area (Å²) in [6.45, 7) is 1.82. The lowest BCUT2D eigenvalue weighted by Gasteiger charge is -2.20. The molecular weight excluding hydrogens is 799 g/mol. The van der Waals surface area contributed by atoms with Crippen LogP contribution in [-0.4, -0.2) is 82.7 Å². The molecule has 0 aliphatic heterocycles. The van der Waals surface area contributed by atoms with Gasteiger partial charge in [-0.25, -0.2) is 4.57 Å². The first kappa shape index (κ1) is 55.3. The number of aliphatic hydroxyl groups is 3. The molecule has 0 aromatic rings. The minimum Gasteiger partial charge on any atom is -0.462 e. The molecule has 0 amide bonds. The topological polar surface area (TPSA) is 186 Å². The molecule has 0 saturated heterocycles. The van der Waals surface area contributed by atoms with Crippen LogP contribution in [0.5, 0.6) is 0 Å². The molecule has 1 aliphatic carbocycles. The van der Waals surface area contributed by atoms with Crippen molar-refractivity contribution in [1.82, 2.24) is 0 Å². The summed E-state index contributed by atoms with van der Waals surface area (Å²) in [5.41, 5.74) is 0. The predicted octanol–water partition coefficient (Wildman–Crippen LogP) is 9.39. The third-order valence-corrected chi connectivity index (χ3v) is 10.1. The molecule has 0 radical (unpaired) electrons. The molecule has 6 atom stereocenters. The van der Waals surface area contributed by atoms with Crippen molar-refractivity contribution >= 4 is 25.5 Å². The second kappa shape index (κ2) is 36.9. The van der Waals surface area contributed by atoms with Crippen LogP contribution in [0.25, 0.3) is 0 Å². The molecule has 0 aromatic heterocycles. The zero-order valence-corrected chi connectivity index (χ0v) is 37.3. The Bertz CT molecular complexity index is 1520. The largest absolute Gasteiger partial charge is 0.472 e. The Morgan fingerprint density at radius 3 is 1.93 bits per heavy atom. The Kier molecular flexibility index (Phi) is 33.4. The Morgan fingerprint density at radius 1 is 0.738 bits per heavy atom. The highest BCUT2D eigenvalue weighted by Gasteiger charge is 2.28. The van der Waals surface area contributed by atoms with Crippen LogP contribution in [-0.2, 0) is 37.5 Å². The summed E-state index contributed by atoms with van der Waals surface area (Å²) in [5, 5.41) is 28.6. The van der Waals surface area contributed by atoms with Crippen LogP contribution in [0.4, 0.5) is 0 Å². The van der Waals surface area contributed by atoms with Crippen molar-refractivity contribution in [1.29, 1.82) is 0 Å². The Hall–Kier alpha value is -3.74. The number of allylic oxidation sites excluding steroid dienone is 17. The lowest BCUT2D eigenvalue weighted by molar-refractivity contribution is -0.161. The van der Waals surface area contributed by atoms with E-state index < -0.39 is 64.5 Å². The zero-order valence-electron chi connectivity index (χ0n) is 36.4. The highest BCUT2D eigenvalue weighted by molar-refractivity contribution is 7.47. The molecule has 13 heteroatoms. The third-order valence-electron chi connectivity index (χ3n) is 9.17. The van der Waals surface area contributed by atoms with Gasteiger partial charge in [-0.05, 0) is 82.6 Å². The fourth-order valence-electron chi connectivity index (χ4n) is 5.71. The average molecular weight is 873 g/mol. The number of unbranched alkanes of at least 4 members (excludes halogenated alkanes) is 3. The molecule has 0 saturated carbocycles. The van der Waals surface area contributed by atoms with Crippen LogP contribution < -0.4 is 0 Å². The lowest BCUT2D eigenvalue weighted by Crippen LogP contribution is -2.29. The van der Waals surface area contributed by atoms with E-state index in [9.17, 15) is 34.1 Å². The Labute approximate surface area is 364 Å². The molecule has 0 bridgehead atoms. The van der Waals surface area contributed by atoms with Crippen LogP contribution in [0.15, 0.2) is 109 Å². The van der Waals surface area contributed by atoms with Gasteiger partial charge in [0.15, 0.2) is 11.9 Å². The summed E-state index contributed by atoms with van der Waals surface area (Å²) in [6.07, 6.45) is 44.2. The Morgan fingerprint density at radius 2 is 1.33 bits per heavy atom. The molecular formula is C48H73O12P. The highest BCUT2D eigenvalue weighted by atomic mass is 31.2. The summed E-state index contributed by atoms with van der Waals surface area (Å²) in [7, 11) is -4.70. The number of carbonyl (C=O) groups is 3. The number of hydrogen-bond donors (Lipinski definition) is 4. The fraction of sp³-hybridized carbons (Fsp3) is 0.562. The normalized spacial score (nSPS) is 18.7. The number of carbonyl (C=O) groups excluding carboxylic acids is 3. The van der Waals surface area contributed by atoms with E-state index in [2.05, 4.69) is 73.1 Å². The second-order valence-electron chi connectivity index (χ2n) is 14.6. The first-order valence-corrected chi connectivity index (χ1v) is 23.4. The van der Waals surface area contributed by atoms with Gasteiger partial charge in [-0.1, -0.05) is 136 Å². The monoisotopic (exact) mass is 872 g/mol. The van der Waals surface area contributed by atoms with Crippen LogP contribution in [0.1, 0.15) is 117 Å². The van der Waals surface area contributed by atoms with Gasteiger partial charge in [-0.15, -0.1) is 0 Å². The number of phosphoric ester groups is 1. The fourth-order valence-corrected chi connectivity index (χ4v) is 6.50.